The van der Waals surface area contributed by atoms with E-state index in [9.17, 15) is 9.59 Å². The summed E-state index contributed by atoms with van der Waals surface area (Å²) < 4.78 is 5.43. The van der Waals surface area contributed by atoms with Crippen LogP contribution < -0.4 is 0 Å². The Morgan fingerprint density at radius 1 is 1.21 bits per heavy atom. The second kappa shape index (κ2) is 9.59. The van der Waals surface area contributed by atoms with Crippen LogP contribution in [0.2, 0.25) is 0 Å². The maximum atomic E-state index is 13.1. The molecule has 1 aromatic rings. The van der Waals surface area contributed by atoms with Crippen LogP contribution in [0.1, 0.15) is 58.1 Å². The number of benzene rings is 1. The molecule has 1 aliphatic rings. The molecule has 2 amide bonds. The molecule has 2 rings (SSSR count). The molecule has 1 aromatic carbocycles. The molecule has 0 radical (unpaired) electrons. The van der Waals surface area contributed by atoms with Crippen LogP contribution in [0.5, 0.6) is 0 Å². The topological polar surface area (TPSA) is 73.6 Å². The van der Waals surface area contributed by atoms with Crippen molar-refractivity contribution in [2.75, 3.05) is 19.6 Å². The fourth-order valence-electron chi connectivity index (χ4n) is 3.34. The molecule has 0 aliphatic carbocycles. The molecule has 1 aliphatic heterocycles. The van der Waals surface area contributed by atoms with Gasteiger partial charge < -0.3 is 14.5 Å². The van der Waals surface area contributed by atoms with Crippen molar-refractivity contribution in [3.8, 4) is 6.07 Å². The van der Waals surface area contributed by atoms with Gasteiger partial charge in [-0.2, -0.15) is 5.26 Å². The largest absolute Gasteiger partial charge is 0.444 e. The van der Waals surface area contributed by atoms with Crippen LogP contribution in [-0.4, -0.2) is 47.0 Å². The number of piperidine rings is 1. The molecule has 6 nitrogen and oxygen atoms in total. The number of hydrogen-bond donors (Lipinski definition) is 0. The molecule has 0 N–H and O–H groups in total. The molecule has 1 heterocycles. The standard InChI is InChI=1S/C22H31N3O3/c1-5-12-25(16-18-8-6-17(15-23)7-9-18)20(26)19-10-13-24(14-11-19)21(27)28-22(2,3)4/h6-9,19H,5,10-14,16H2,1-4H3. The van der Waals surface area contributed by atoms with E-state index in [2.05, 4.69) is 13.0 Å². The van der Waals surface area contributed by atoms with Crippen LogP contribution in [0.25, 0.3) is 0 Å². The van der Waals surface area contributed by atoms with Crippen molar-refractivity contribution in [1.82, 2.24) is 9.80 Å². The molecule has 1 saturated heterocycles. The predicted octanol–water partition coefficient (Wildman–Crippen LogP) is 3.94. The minimum absolute atomic E-state index is 0.0661. The van der Waals surface area contributed by atoms with Gasteiger partial charge in [0.15, 0.2) is 0 Å². The second-order valence-corrected chi connectivity index (χ2v) is 8.31. The summed E-state index contributed by atoms with van der Waals surface area (Å²) in [6.45, 7) is 9.96. The molecule has 0 unspecified atom stereocenters. The summed E-state index contributed by atoms with van der Waals surface area (Å²) in [5.74, 6) is 0.0821. The summed E-state index contributed by atoms with van der Waals surface area (Å²) >= 11 is 0. The Balaban J connectivity index is 1.94. The van der Waals surface area contributed by atoms with E-state index in [4.69, 9.17) is 10.00 Å². The molecule has 0 spiro atoms. The summed E-state index contributed by atoms with van der Waals surface area (Å²) in [4.78, 5) is 28.9. The van der Waals surface area contributed by atoms with E-state index in [-0.39, 0.29) is 17.9 Å². The SMILES string of the molecule is CCCN(Cc1ccc(C#N)cc1)C(=O)C1CCN(C(=O)OC(C)(C)C)CC1. The number of amides is 2. The summed E-state index contributed by atoms with van der Waals surface area (Å²) in [5, 5.41) is 8.92. The van der Waals surface area contributed by atoms with E-state index in [0.29, 0.717) is 44.6 Å². The average molecular weight is 386 g/mol. The molecular weight excluding hydrogens is 354 g/mol. The van der Waals surface area contributed by atoms with Crippen LogP contribution in [0.15, 0.2) is 24.3 Å². The highest BCUT2D eigenvalue weighted by molar-refractivity contribution is 5.79. The first-order valence-corrected chi connectivity index (χ1v) is 9.99. The van der Waals surface area contributed by atoms with Crippen molar-refractivity contribution in [3.05, 3.63) is 35.4 Å². The lowest BCUT2D eigenvalue weighted by atomic mass is 9.95. The van der Waals surface area contributed by atoms with E-state index in [0.717, 1.165) is 12.0 Å². The normalized spacial score (nSPS) is 15.0. The smallest absolute Gasteiger partial charge is 0.410 e. The van der Waals surface area contributed by atoms with Crippen LogP contribution in [-0.2, 0) is 16.1 Å². The molecule has 28 heavy (non-hydrogen) atoms. The van der Waals surface area contributed by atoms with Crippen LogP contribution in [0.4, 0.5) is 4.79 Å². The van der Waals surface area contributed by atoms with Gasteiger partial charge >= 0.3 is 6.09 Å². The number of likely N-dealkylation sites (tertiary alicyclic amines) is 1. The molecule has 0 bridgehead atoms. The van der Waals surface area contributed by atoms with Crippen LogP contribution >= 0.6 is 0 Å². The molecule has 6 heteroatoms. The van der Waals surface area contributed by atoms with E-state index < -0.39 is 5.60 Å². The Bertz CT molecular complexity index is 708. The minimum Gasteiger partial charge on any atom is -0.444 e. The van der Waals surface area contributed by atoms with Crippen molar-refractivity contribution >= 4 is 12.0 Å². The third-order valence-electron chi connectivity index (χ3n) is 4.76. The van der Waals surface area contributed by atoms with Crippen LogP contribution in [0, 0.1) is 17.2 Å². The zero-order valence-electron chi connectivity index (χ0n) is 17.4. The Hall–Kier alpha value is -2.55. The second-order valence-electron chi connectivity index (χ2n) is 8.31. The first-order chi connectivity index (χ1) is 13.2. The predicted molar refractivity (Wildman–Crippen MR) is 107 cm³/mol. The van der Waals surface area contributed by atoms with E-state index in [1.54, 1.807) is 17.0 Å². The van der Waals surface area contributed by atoms with Crippen LogP contribution in [0.3, 0.4) is 0 Å². The molecule has 0 aromatic heterocycles. The Labute approximate surface area is 168 Å². The quantitative estimate of drug-likeness (QED) is 0.769. The number of nitriles is 1. The zero-order chi connectivity index (χ0) is 20.7. The highest BCUT2D eigenvalue weighted by Gasteiger charge is 2.31. The van der Waals surface area contributed by atoms with Gasteiger partial charge in [-0.1, -0.05) is 19.1 Å². The van der Waals surface area contributed by atoms with Crippen molar-refractivity contribution in [2.45, 2.75) is 59.1 Å². The third kappa shape index (κ3) is 6.26. The fourth-order valence-corrected chi connectivity index (χ4v) is 3.34. The van der Waals surface area contributed by atoms with Gasteiger partial charge in [-0.05, 0) is 57.7 Å². The Morgan fingerprint density at radius 2 is 1.82 bits per heavy atom. The minimum atomic E-state index is -0.511. The van der Waals surface area contributed by atoms with Gasteiger partial charge in [0.2, 0.25) is 5.91 Å². The highest BCUT2D eigenvalue weighted by atomic mass is 16.6. The summed E-state index contributed by atoms with van der Waals surface area (Å²) in [7, 11) is 0. The lowest BCUT2D eigenvalue weighted by Crippen LogP contribution is -2.45. The number of carbonyl (C=O) groups excluding carboxylic acids is 2. The zero-order valence-corrected chi connectivity index (χ0v) is 17.4. The van der Waals surface area contributed by atoms with Crippen molar-refractivity contribution in [1.29, 1.82) is 5.26 Å². The van der Waals surface area contributed by atoms with Gasteiger partial charge in [0.1, 0.15) is 5.60 Å². The first-order valence-electron chi connectivity index (χ1n) is 9.99. The number of ether oxygens (including phenoxy) is 1. The van der Waals surface area contributed by atoms with Gasteiger partial charge in [-0.25, -0.2) is 4.79 Å². The van der Waals surface area contributed by atoms with Gasteiger partial charge in [-0.3, -0.25) is 4.79 Å². The maximum Gasteiger partial charge on any atom is 0.410 e. The Morgan fingerprint density at radius 3 is 2.32 bits per heavy atom. The van der Waals surface area contributed by atoms with Crippen molar-refractivity contribution in [2.24, 2.45) is 5.92 Å². The molecule has 152 valence electrons. The van der Waals surface area contributed by atoms with Gasteiger partial charge in [0.05, 0.1) is 11.6 Å². The first kappa shape index (κ1) is 21.7. The summed E-state index contributed by atoms with van der Waals surface area (Å²) in [5.41, 5.74) is 1.13. The van der Waals surface area contributed by atoms with Gasteiger partial charge in [0.25, 0.3) is 0 Å². The Kier molecular flexibility index (Phi) is 7.45. The number of hydrogen-bond acceptors (Lipinski definition) is 4. The lowest BCUT2D eigenvalue weighted by Gasteiger charge is -2.35. The summed E-state index contributed by atoms with van der Waals surface area (Å²) in [6, 6.07) is 9.48. The molecule has 1 fully saturated rings. The van der Waals surface area contributed by atoms with E-state index >= 15 is 0 Å². The average Bonchev–Trinajstić information content (AvgIpc) is 2.66. The van der Waals surface area contributed by atoms with E-state index in [1.807, 2.05) is 37.8 Å². The summed E-state index contributed by atoms with van der Waals surface area (Å²) in [6.07, 6.45) is 1.90. The fraction of sp³-hybridized carbons (Fsp3) is 0.591. The van der Waals surface area contributed by atoms with Crippen molar-refractivity contribution in [3.63, 3.8) is 0 Å². The maximum absolute atomic E-state index is 13.1. The lowest BCUT2D eigenvalue weighted by molar-refractivity contribution is -0.137. The van der Waals surface area contributed by atoms with Crippen molar-refractivity contribution < 1.29 is 14.3 Å². The van der Waals surface area contributed by atoms with Gasteiger partial charge in [0, 0.05) is 32.1 Å². The molecule has 0 atom stereocenters. The number of nitrogens with zero attached hydrogens (tertiary/aromatic N) is 3. The number of rotatable bonds is 5. The monoisotopic (exact) mass is 385 g/mol. The number of carbonyl (C=O) groups is 2. The van der Waals surface area contributed by atoms with E-state index in [1.165, 1.54) is 0 Å². The third-order valence-corrected chi connectivity index (χ3v) is 4.76. The highest BCUT2D eigenvalue weighted by Crippen LogP contribution is 2.23. The molecule has 0 saturated carbocycles. The molecular formula is C22H31N3O3. The van der Waals surface area contributed by atoms with Gasteiger partial charge in [-0.15, -0.1) is 0 Å².